The Balaban J connectivity index is 1.77. The van der Waals surface area contributed by atoms with Crippen LogP contribution in [-0.2, 0) is 10.4 Å². The van der Waals surface area contributed by atoms with Crippen molar-refractivity contribution in [3.8, 4) is 22.8 Å². The minimum Gasteiger partial charge on any atom is -0.493 e. The number of amides is 2. The van der Waals surface area contributed by atoms with E-state index < -0.39 is 23.2 Å². The Bertz CT molecular complexity index is 1260. The van der Waals surface area contributed by atoms with E-state index in [-0.39, 0.29) is 41.7 Å². The van der Waals surface area contributed by atoms with E-state index in [1.54, 1.807) is 13.0 Å². The lowest BCUT2D eigenvalue weighted by atomic mass is 9.99. The molecule has 1 heterocycles. The first kappa shape index (κ1) is 25.6. The molecule has 0 aliphatic heterocycles. The first-order valence-corrected chi connectivity index (χ1v) is 10.5. The second-order valence-corrected chi connectivity index (χ2v) is 8.07. The number of benzene rings is 2. The topological polar surface area (TPSA) is 124 Å². The second kappa shape index (κ2) is 10.5. The van der Waals surface area contributed by atoms with Gasteiger partial charge in [-0.3, -0.25) is 9.59 Å². The van der Waals surface area contributed by atoms with Gasteiger partial charge in [0, 0.05) is 11.1 Å². The number of aromatic nitrogens is 1. The summed E-state index contributed by atoms with van der Waals surface area (Å²) in [6, 6.07) is 11.2. The molecule has 0 radical (unpaired) electrons. The molecule has 1 unspecified atom stereocenters. The fraction of sp³-hybridized carbons (Fsp3) is 0.240. The third kappa shape index (κ3) is 6.10. The normalized spacial score (nSPS) is 12.5. The van der Waals surface area contributed by atoms with E-state index >= 15 is 0 Å². The van der Waals surface area contributed by atoms with Gasteiger partial charge in [-0.1, -0.05) is 0 Å². The van der Waals surface area contributed by atoms with Crippen molar-refractivity contribution in [3.05, 3.63) is 77.0 Å². The van der Waals surface area contributed by atoms with Gasteiger partial charge in [0.2, 0.25) is 0 Å². The zero-order valence-corrected chi connectivity index (χ0v) is 19.4. The number of aliphatic hydroxyl groups is 1. The Labute approximate surface area is 200 Å². The Morgan fingerprint density at radius 3 is 2.46 bits per heavy atom. The van der Waals surface area contributed by atoms with Gasteiger partial charge < -0.3 is 25.6 Å². The predicted octanol–water partition coefficient (Wildman–Crippen LogP) is 2.85. The quantitative estimate of drug-likeness (QED) is 0.428. The monoisotopic (exact) mass is 485 g/mol. The van der Waals surface area contributed by atoms with Gasteiger partial charge in [-0.05, 0) is 67.9 Å². The van der Waals surface area contributed by atoms with Crippen LogP contribution in [0.5, 0.6) is 11.5 Å². The number of halogens is 2. The van der Waals surface area contributed by atoms with Gasteiger partial charge >= 0.3 is 0 Å². The van der Waals surface area contributed by atoms with E-state index in [1.807, 2.05) is 0 Å². The van der Waals surface area contributed by atoms with Crippen molar-refractivity contribution < 1.29 is 33.0 Å². The van der Waals surface area contributed by atoms with Crippen LogP contribution in [0.4, 0.5) is 8.78 Å². The number of rotatable bonds is 9. The van der Waals surface area contributed by atoms with Crippen LogP contribution < -0.4 is 20.5 Å². The summed E-state index contributed by atoms with van der Waals surface area (Å²) in [5.74, 6) is -1.97. The highest BCUT2D eigenvalue weighted by Crippen LogP contribution is 2.29. The molecular formula is C25H25F2N3O5. The number of aryl methyl sites for hydroxylation is 1. The summed E-state index contributed by atoms with van der Waals surface area (Å²) in [6.07, 6.45) is 0. The highest BCUT2D eigenvalue weighted by atomic mass is 19.1. The molecule has 2 aromatic carbocycles. The number of methoxy groups -OCH3 is 1. The average molecular weight is 485 g/mol. The molecular weight excluding hydrogens is 460 g/mol. The third-order valence-electron chi connectivity index (χ3n) is 5.20. The SMILES string of the molecule is COc1cc(C(=O)NCC(C)(O)c2nc(-c3ccc(F)c(C)c3)ccc2F)ccc1OCC(N)=O. The van der Waals surface area contributed by atoms with Crippen molar-refractivity contribution >= 4 is 11.8 Å². The van der Waals surface area contributed by atoms with Crippen molar-refractivity contribution in [2.75, 3.05) is 20.3 Å². The maximum Gasteiger partial charge on any atom is 0.255 e. The van der Waals surface area contributed by atoms with Gasteiger partial charge in [0.05, 0.1) is 19.3 Å². The maximum atomic E-state index is 14.6. The molecule has 0 saturated carbocycles. The molecule has 3 rings (SSSR count). The number of hydrogen-bond donors (Lipinski definition) is 3. The zero-order chi connectivity index (χ0) is 25.8. The molecule has 0 aliphatic rings. The van der Waals surface area contributed by atoms with Crippen LogP contribution in [-0.4, -0.2) is 42.2 Å². The van der Waals surface area contributed by atoms with Crippen LogP contribution in [0.15, 0.2) is 48.5 Å². The van der Waals surface area contributed by atoms with Crippen molar-refractivity contribution in [3.63, 3.8) is 0 Å². The van der Waals surface area contributed by atoms with E-state index in [9.17, 15) is 23.5 Å². The standard InChI is InChI=1S/C25H25F2N3O5/c1-14-10-15(4-6-17(14)26)19-8-7-18(27)23(30-19)25(2,33)13-29-24(32)16-5-9-20(21(11-16)34-3)35-12-22(28)31/h4-11,33H,12-13H2,1-3H3,(H2,28,31)(H,29,32). The molecule has 0 bridgehead atoms. The summed E-state index contributed by atoms with van der Waals surface area (Å²) in [4.78, 5) is 27.8. The number of nitrogens with zero attached hydrogens (tertiary/aromatic N) is 1. The number of pyridine rings is 1. The fourth-order valence-electron chi connectivity index (χ4n) is 3.30. The highest BCUT2D eigenvalue weighted by molar-refractivity contribution is 5.95. The maximum absolute atomic E-state index is 14.6. The Kier molecular flexibility index (Phi) is 7.65. The summed E-state index contributed by atoms with van der Waals surface area (Å²) in [7, 11) is 1.36. The van der Waals surface area contributed by atoms with Crippen LogP contribution >= 0.6 is 0 Å². The first-order chi connectivity index (χ1) is 16.5. The van der Waals surface area contributed by atoms with Crippen LogP contribution in [0.3, 0.4) is 0 Å². The second-order valence-electron chi connectivity index (χ2n) is 8.07. The van der Waals surface area contributed by atoms with Gasteiger partial charge in [0.1, 0.15) is 22.9 Å². The van der Waals surface area contributed by atoms with Gasteiger partial charge in [-0.25, -0.2) is 13.8 Å². The number of nitrogens with one attached hydrogen (secondary N) is 1. The molecule has 0 aliphatic carbocycles. The van der Waals surface area contributed by atoms with E-state index in [1.165, 1.54) is 50.4 Å². The lowest BCUT2D eigenvalue weighted by Gasteiger charge is -2.24. The van der Waals surface area contributed by atoms with Gasteiger partial charge in [0.15, 0.2) is 18.1 Å². The molecule has 10 heteroatoms. The minimum absolute atomic E-state index is 0.174. The van der Waals surface area contributed by atoms with Crippen molar-refractivity contribution in [1.82, 2.24) is 10.3 Å². The van der Waals surface area contributed by atoms with Crippen LogP contribution in [0.1, 0.15) is 28.5 Å². The number of primary amides is 1. The molecule has 1 atom stereocenters. The summed E-state index contributed by atoms with van der Waals surface area (Å²) < 4.78 is 38.6. The molecule has 1 aromatic heterocycles. The van der Waals surface area contributed by atoms with Crippen LogP contribution in [0.25, 0.3) is 11.3 Å². The smallest absolute Gasteiger partial charge is 0.255 e. The van der Waals surface area contributed by atoms with Gasteiger partial charge in [-0.15, -0.1) is 0 Å². The number of hydrogen-bond acceptors (Lipinski definition) is 6. The molecule has 4 N–H and O–H groups in total. The summed E-state index contributed by atoms with van der Waals surface area (Å²) in [5.41, 5.74) is 4.39. The average Bonchev–Trinajstić information content (AvgIpc) is 2.83. The third-order valence-corrected chi connectivity index (χ3v) is 5.20. The zero-order valence-electron chi connectivity index (χ0n) is 19.4. The summed E-state index contributed by atoms with van der Waals surface area (Å²) >= 11 is 0. The van der Waals surface area contributed by atoms with Crippen LogP contribution in [0, 0.1) is 18.6 Å². The van der Waals surface area contributed by atoms with Crippen LogP contribution in [0.2, 0.25) is 0 Å². The van der Waals surface area contributed by atoms with Gasteiger partial charge in [-0.2, -0.15) is 0 Å². The molecule has 0 fully saturated rings. The highest BCUT2D eigenvalue weighted by Gasteiger charge is 2.30. The van der Waals surface area contributed by atoms with E-state index in [2.05, 4.69) is 10.3 Å². The molecule has 3 aromatic rings. The first-order valence-electron chi connectivity index (χ1n) is 10.5. The lowest BCUT2D eigenvalue weighted by Crippen LogP contribution is -2.40. The molecule has 35 heavy (non-hydrogen) atoms. The van der Waals surface area contributed by atoms with Crippen molar-refractivity contribution in [2.45, 2.75) is 19.4 Å². The Morgan fingerprint density at radius 1 is 1.09 bits per heavy atom. The number of carbonyl (C=O) groups excluding carboxylic acids is 2. The summed E-state index contributed by atoms with van der Waals surface area (Å²) in [5, 5.41) is 13.5. The Hall–Kier alpha value is -4.05. The number of nitrogens with two attached hydrogens (primary N) is 1. The summed E-state index contributed by atoms with van der Waals surface area (Å²) in [6.45, 7) is 2.20. The molecule has 2 amide bonds. The van der Waals surface area contributed by atoms with Gasteiger partial charge in [0.25, 0.3) is 11.8 Å². The fourth-order valence-corrected chi connectivity index (χ4v) is 3.30. The number of ether oxygens (including phenoxy) is 2. The molecule has 8 nitrogen and oxygen atoms in total. The van der Waals surface area contributed by atoms with Crippen molar-refractivity contribution in [1.29, 1.82) is 0 Å². The number of carbonyl (C=O) groups is 2. The largest absolute Gasteiger partial charge is 0.493 e. The minimum atomic E-state index is -1.86. The van der Waals surface area contributed by atoms with E-state index in [0.29, 0.717) is 16.8 Å². The lowest BCUT2D eigenvalue weighted by molar-refractivity contribution is -0.119. The van der Waals surface area contributed by atoms with E-state index in [0.717, 1.165) is 6.07 Å². The Morgan fingerprint density at radius 2 is 1.80 bits per heavy atom. The molecule has 0 spiro atoms. The molecule has 184 valence electrons. The van der Waals surface area contributed by atoms with E-state index in [4.69, 9.17) is 15.2 Å². The molecule has 0 saturated heterocycles. The van der Waals surface area contributed by atoms with Crippen molar-refractivity contribution in [2.24, 2.45) is 5.73 Å². The predicted molar refractivity (Wildman–Crippen MR) is 124 cm³/mol.